The number of unbranched alkanes of at least 4 members (excludes halogenated alkanes) is 8. The van der Waals surface area contributed by atoms with E-state index in [1.54, 1.807) is 0 Å². The predicted octanol–water partition coefficient (Wildman–Crippen LogP) is 4.77. The number of carbonyl (C=O) groups is 1. The Labute approximate surface area is 128 Å². The first-order valence-electron chi connectivity index (χ1n) is 8.65. The van der Waals surface area contributed by atoms with Gasteiger partial charge in [-0.1, -0.05) is 38.5 Å². The molecular formula is C17H33O2S+. The van der Waals surface area contributed by atoms with Crippen molar-refractivity contribution in [1.29, 1.82) is 0 Å². The van der Waals surface area contributed by atoms with Crippen LogP contribution in [0.5, 0.6) is 0 Å². The maximum Gasteiger partial charge on any atom is 0.303 e. The van der Waals surface area contributed by atoms with E-state index < -0.39 is 5.97 Å². The minimum Gasteiger partial charge on any atom is -0.481 e. The van der Waals surface area contributed by atoms with Crippen molar-refractivity contribution in [2.75, 3.05) is 17.3 Å². The number of rotatable bonds is 12. The highest BCUT2D eigenvalue weighted by Gasteiger charge is 2.20. The first-order valence-corrected chi connectivity index (χ1v) is 10.4. The van der Waals surface area contributed by atoms with E-state index in [4.69, 9.17) is 5.11 Å². The topological polar surface area (TPSA) is 37.3 Å². The zero-order chi connectivity index (χ0) is 14.5. The average Bonchev–Trinajstić information content (AvgIpc) is 2.45. The fourth-order valence-corrected chi connectivity index (χ4v) is 5.36. The molecule has 0 unspecified atom stereocenters. The summed E-state index contributed by atoms with van der Waals surface area (Å²) in [4.78, 5) is 10.3. The summed E-state index contributed by atoms with van der Waals surface area (Å²) >= 11 is 0. The number of hydrogen-bond donors (Lipinski definition) is 1. The summed E-state index contributed by atoms with van der Waals surface area (Å²) in [7, 11) is 0.791. The molecule has 1 saturated heterocycles. The Morgan fingerprint density at radius 2 is 1.25 bits per heavy atom. The van der Waals surface area contributed by atoms with E-state index in [1.165, 1.54) is 81.5 Å². The number of aliphatic carboxylic acids is 1. The van der Waals surface area contributed by atoms with E-state index >= 15 is 0 Å². The molecule has 0 bridgehead atoms. The molecule has 1 fully saturated rings. The smallest absolute Gasteiger partial charge is 0.303 e. The molecule has 0 radical (unpaired) electrons. The van der Waals surface area contributed by atoms with Crippen LogP contribution < -0.4 is 0 Å². The lowest BCUT2D eigenvalue weighted by Crippen LogP contribution is -2.20. The van der Waals surface area contributed by atoms with Crippen molar-refractivity contribution >= 4 is 16.9 Å². The van der Waals surface area contributed by atoms with Crippen molar-refractivity contribution in [3.8, 4) is 0 Å². The van der Waals surface area contributed by atoms with Gasteiger partial charge < -0.3 is 5.11 Å². The molecule has 1 rings (SSSR count). The molecule has 118 valence electrons. The molecule has 0 aromatic carbocycles. The molecule has 20 heavy (non-hydrogen) atoms. The second-order valence-corrected chi connectivity index (χ2v) is 8.56. The molecule has 2 nitrogen and oxygen atoms in total. The van der Waals surface area contributed by atoms with Gasteiger partial charge in [0.2, 0.25) is 0 Å². The second kappa shape index (κ2) is 12.6. The monoisotopic (exact) mass is 301 g/mol. The van der Waals surface area contributed by atoms with E-state index in [1.807, 2.05) is 0 Å². The molecule has 0 amide bonds. The van der Waals surface area contributed by atoms with Crippen LogP contribution in [0, 0.1) is 0 Å². The van der Waals surface area contributed by atoms with Crippen LogP contribution in [-0.4, -0.2) is 28.3 Å². The lowest BCUT2D eigenvalue weighted by Gasteiger charge is -2.13. The summed E-state index contributed by atoms with van der Waals surface area (Å²) in [5, 5.41) is 8.53. The first-order chi connectivity index (χ1) is 9.79. The lowest BCUT2D eigenvalue weighted by molar-refractivity contribution is -0.137. The molecular weight excluding hydrogens is 268 g/mol. The van der Waals surface area contributed by atoms with E-state index in [0.717, 1.165) is 23.7 Å². The predicted molar refractivity (Wildman–Crippen MR) is 89.6 cm³/mol. The molecule has 1 heterocycles. The largest absolute Gasteiger partial charge is 0.481 e. The highest BCUT2D eigenvalue weighted by Crippen LogP contribution is 2.16. The van der Waals surface area contributed by atoms with Crippen molar-refractivity contribution in [2.24, 2.45) is 0 Å². The quantitative estimate of drug-likeness (QED) is 0.416. The van der Waals surface area contributed by atoms with Gasteiger partial charge in [-0.25, -0.2) is 0 Å². The Balaban J connectivity index is 1.73. The van der Waals surface area contributed by atoms with E-state index in [0.29, 0.717) is 6.42 Å². The summed E-state index contributed by atoms with van der Waals surface area (Å²) in [5.74, 6) is 3.91. The minimum atomic E-state index is -0.649. The molecule has 0 aliphatic carbocycles. The maximum absolute atomic E-state index is 10.3. The van der Waals surface area contributed by atoms with Gasteiger partial charge in [0.05, 0.1) is 0 Å². The molecule has 1 aliphatic heterocycles. The Morgan fingerprint density at radius 3 is 1.80 bits per heavy atom. The highest BCUT2D eigenvalue weighted by molar-refractivity contribution is 7.96. The third-order valence-electron chi connectivity index (χ3n) is 4.19. The zero-order valence-corrected chi connectivity index (χ0v) is 13.9. The van der Waals surface area contributed by atoms with E-state index in [2.05, 4.69) is 0 Å². The van der Waals surface area contributed by atoms with Gasteiger partial charge in [0.1, 0.15) is 17.3 Å². The molecule has 0 aromatic rings. The summed E-state index contributed by atoms with van der Waals surface area (Å²) in [6.45, 7) is 0. The number of carboxylic acids is 1. The second-order valence-electron chi connectivity index (χ2n) is 6.11. The normalized spacial score (nSPS) is 16.4. The fourth-order valence-electron chi connectivity index (χ4n) is 2.92. The lowest BCUT2D eigenvalue weighted by atomic mass is 10.1. The third-order valence-corrected chi connectivity index (χ3v) is 6.79. The minimum absolute atomic E-state index is 0.349. The van der Waals surface area contributed by atoms with E-state index in [-0.39, 0.29) is 0 Å². The zero-order valence-electron chi connectivity index (χ0n) is 13.1. The van der Waals surface area contributed by atoms with Crippen molar-refractivity contribution in [3.63, 3.8) is 0 Å². The molecule has 1 N–H and O–H groups in total. The van der Waals surface area contributed by atoms with Crippen LogP contribution in [0.1, 0.15) is 83.5 Å². The van der Waals surface area contributed by atoms with Crippen LogP contribution in [0.25, 0.3) is 0 Å². The average molecular weight is 302 g/mol. The Bertz CT molecular complexity index is 237. The van der Waals surface area contributed by atoms with Crippen LogP contribution in [-0.2, 0) is 15.7 Å². The van der Waals surface area contributed by atoms with Crippen molar-refractivity contribution in [3.05, 3.63) is 0 Å². The van der Waals surface area contributed by atoms with Gasteiger partial charge in [-0.05, 0) is 49.4 Å². The molecule has 0 saturated carbocycles. The van der Waals surface area contributed by atoms with Crippen molar-refractivity contribution < 1.29 is 9.90 Å². The van der Waals surface area contributed by atoms with Crippen molar-refractivity contribution in [2.45, 2.75) is 83.5 Å². The molecule has 1 aliphatic rings. The van der Waals surface area contributed by atoms with Gasteiger partial charge in [-0.15, -0.1) is 0 Å². The van der Waals surface area contributed by atoms with Crippen LogP contribution in [0.2, 0.25) is 0 Å². The van der Waals surface area contributed by atoms with Gasteiger partial charge in [0, 0.05) is 6.42 Å². The third kappa shape index (κ3) is 10.6. The summed E-state index contributed by atoms with van der Waals surface area (Å²) in [6, 6.07) is 0. The van der Waals surface area contributed by atoms with Crippen molar-refractivity contribution in [1.82, 2.24) is 0 Å². The van der Waals surface area contributed by atoms with Crippen LogP contribution in [0.15, 0.2) is 0 Å². The van der Waals surface area contributed by atoms with Crippen LogP contribution in [0.3, 0.4) is 0 Å². The van der Waals surface area contributed by atoms with Gasteiger partial charge in [0.25, 0.3) is 0 Å². The van der Waals surface area contributed by atoms with Gasteiger partial charge in [-0.3, -0.25) is 4.79 Å². The van der Waals surface area contributed by atoms with Gasteiger partial charge in [-0.2, -0.15) is 0 Å². The Kier molecular flexibility index (Phi) is 11.2. The van der Waals surface area contributed by atoms with Gasteiger partial charge in [0.15, 0.2) is 0 Å². The van der Waals surface area contributed by atoms with Gasteiger partial charge >= 0.3 is 5.97 Å². The van der Waals surface area contributed by atoms with Crippen LogP contribution in [0.4, 0.5) is 0 Å². The number of carboxylic acid groups (broad SMARTS) is 1. The Hall–Kier alpha value is -0.180. The fraction of sp³-hybridized carbons (Fsp3) is 0.941. The standard InChI is InChI=1S/C17H32O2S/c18-17(19)13-9-6-4-2-1-3-5-7-10-14-20-15-11-8-12-16-20/h1-16H2/p+1. The molecule has 0 aromatic heterocycles. The van der Waals surface area contributed by atoms with Crippen LogP contribution >= 0.6 is 0 Å². The molecule has 3 heteroatoms. The summed E-state index contributed by atoms with van der Waals surface area (Å²) < 4.78 is 0. The number of hydrogen-bond acceptors (Lipinski definition) is 1. The van der Waals surface area contributed by atoms with E-state index in [9.17, 15) is 4.79 Å². The maximum atomic E-state index is 10.3. The molecule has 0 spiro atoms. The molecule has 0 atom stereocenters. The SMILES string of the molecule is O=C(O)CCCCCCCCCCC[S+]1CCCCC1. The first kappa shape index (κ1) is 17.9. The Morgan fingerprint density at radius 1 is 0.750 bits per heavy atom. The highest BCUT2D eigenvalue weighted by atomic mass is 32.2. The summed E-state index contributed by atoms with van der Waals surface area (Å²) in [6.07, 6.45) is 16.3. The summed E-state index contributed by atoms with van der Waals surface area (Å²) in [5.41, 5.74) is 0.